The average molecular weight is 417 g/mol. The number of amides is 1. The number of sulfonamides is 1. The van der Waals surface area contributed by atoms with Gasteiger partial charge in [0.05, 0.1) is 13.5 Å². The van der Waals surface area contributed by atoms with E-state index in [1.807, 2.05) is 13.8 Å². The Morgan fingerprint density at radius 3 is 2.52 bits per heavy atom. The molecule has 2 rings (SSSR count). The van der Waals surface area contributed by atoms with Crippen LogP contribution in [0, 0.1) is 5.92 Å². The zero-order chi connectivity index (χ0) is 20.0. The van der Waals surface area contributed by atoms with Gasteiger partial charge in [-0.25, -0.2) is 13.2 Å². The maximum atomic E-state index is 12.7. The fourth-order valence-corrected chi connectivity index (χ4v) is 6.03. The Kier molecular flexibility index (Phi) is 7.81. The van der Waals surface area contributed by atoms with Gasteiger partial charge in [0.2, 0.25) is 5.91 Å². The maximum Gasteiger partial charge on any atom is 0.328 e. The van der Waals surface area contributed by atoms with Gasteiger partial charge in [-0.3, -0.25) is 4.79 Å². The van der Waals surface area contributed by atoms with Gasteiger partial charge in [-0.15, -0.1) is 11.3 Å². The van der Waals surface area contributed by atoms with Crippen molar-refractivity contribution in [1.29, 1.82) is 0 Å². The number of nitrogens with zero attached hydrogens (tertiary/aromatic N) is 1. The molecule has 1 saturated heterocycles. The van der Waals surface area contributed by atoms with Crippen molar-refractivity contribution in [3.8, 4) is 0 Å². The van der Waals surface area contributed by atoms with Crippen molar-refractivity contribution in [2.45, 2.75) is 56.2 Å². The Bertz CT molecular complexity index is 754. The summed E-state index contributed by atoms with van der Waals surface area (Å²) in [6.45, 7) is 4.90. The molecular weight excluding hydrogens is 388 g/mol. The van der Waals surface area contributed by atoms with Crippen LogP contribution in [0.5, 0.6) is 0 Å². The lowest BCUT2D eigenvalue weighted by atomic mass is 9.99. The van der Waals surface area contributed by atoms with E-state index in [2.05, 4.69) is 5.32 Å². The summed E-state index contributed by atoms with van der Waals surface area (Å²) >= 11 is 1.11. The molecule has 2 atom stereocenters. The zero-order valence-electron chi connectivity index (χ0n) is 16.1. The normalized spacial score (nSPS) is 17.9. The molecule has 152 valence electrons. The third-order valence-corrected chi connectivity index (χ3v) is 8.32. The highest BCUT2D eigenvalue weighted by Gasteiger charge is 2.29. The minimum Gasteiger partial charge on any atom is -0.467 e. The number of rotatable bonds is 8. The number of esters is 1. The fourth-order valence-electron chi connectivity index (χ4n) is 3.00. The fraction of sp³-hybridized carbons (Fsp3) is 0.667. The van der Waals surface area contributed by atoms with E-state index >= 15 is 0 Å². The molecule has 0 aromatic carbocycles. The molecule has 0 bridgehead atoms. The molecule has 1 aliphatic heterocycles. The van der Waals surface area contributed by atoms with Crippen LogP contribution < -0.4 is 5.32 Å². The minimum atomic E-state index is -3.49. The highest BCUT2D eigenvalue weighted by atomic mass is 32.2. The van der Waals surface area contributed by atoms with Gasteiger partial charge in [0, 0.05) is 18.0 Å². The van der Waals surface area contributed by atoms with E-state index in [1.54, 1.807) is 12.1 Å². The summed E-state index contributed by atoms with van der Waals surface area (Å²) in [5.41, 5.74) is 0. The topological polar surface area (TPSA) is 92.8 Å². The molecule has 0 spiro atoms. The number of ether oxygens (including phenoxy) is 1. The van der Waals surface area contributed by atoms with Gasteiger partial charge in [0.15, 0.2) is 0 Å². The molecule has 9 heteroatoms. The van der Waals surface area contributed by atoms with Gasteiger partial charge in [-0.2, -0.15) is 4.31 Å². The van der Waals surface area contributed by atoms with E-state index in [0.717, 1.165) is 37.0 Å². The first kappa shape index (κ1) is 21.8. The molecule has 0 unspecified atom stereocenters. The SMILES string of the molecule is CC[C@H](C)[C@H](NC(=O)Cc1ccc(S(=O)(=O)N2CCCCC2)s1)C(=O)OC. The number of hydrogen-bond acceptors (Lipinski definition) is 6. The minimum absolute atomic E-state index is 0.0319. The smallest absolute Gasteiger partial charge is 0.328 e. The number of carbonyl (C=O) groups excluding carboxylic acids is 2. The summed E-state index contributed by atoms with van der Waals surface area (Å²) in [5.74, 6) is -0.855. The molecule has 1 aromatic rings. The van der Waals surface area contributed by atoms with Crippen LogP contribution in [0.4, 0.5) is 0 Å². The van der Waals surface area contributed by atoms with Gasteiger partial charge >= 0.3 is 5.97 Å². The Hall–Kier alpha value is -1.45. The summed E-state index contributed by atoms with van der Waals surface area (Å²) in [4.78, 5) is 24.9. The number of methoxy groups -OCH3 is 1. The van der Waals surface area contributed by atoms with Crippen molar-refractivity contribution < 1.29 is 22.7 Å². The van der Waals surface area contributed by atoms with Crippen molar-refractivity contribution >= 4 is 33.2 Å². The number of thiophene rings is 1. The number of carbonyl (C=O) groups is 2. The summed E-state index contributed by atoms with van der Waals surface area (Å²) < 4.78 is 31.9. The van der Waals surface area contributed by atoms with Gasteiger partial charge in [-0.05, 0) is 30.9 Å². The number of hydrogen-bond donors (Lipinski definition) is 1. The van der Waals surface area contributed by atoms with Gasteiger partial charge < -0.3 is 10.1 Å². The molecule has 1 N–H and O–H groups in total. The van der Waals surface area contributed by atoms with Crippen molar-refractivity contribution in [2.24, 2.45) is 5.92 Å². The summed E-state index contributed by atoms with van der Waals surface area (Å²) in [7, 11) is -2.20. The average Bonchev–Trinajstić information content (AvgIpc) is 3.14. The van der Waals surface area contributed by atoms with Crippen LogP contribution in [-0.4, -0.2) is 50.8 Å². The number of piperidine rings is 1. The first-order chi connectivity index (χ1) is 12.8. The number of nitrogens with one attached hydrogen (secondary N) is 1. The quantitative estimate of drug-likeness (QED) is 0.656. The van der Waals surface area contributed by atoms with E-state index in [1.165, 1.54) is 11.4 Å². The summed E-state index contributed by atoms with van der Waals surface area (Å²) in [6, 6.07) is 2.52. The molecular formula is C18H28N2O5S2. The predicted octanol–water partition coefficient (Wildman–Crippen LogP) is 2.17. The molecule has 1 aromatic heterocycles. The van der Waals surface area contributed by atoms with E-state index in [9.17, 15) is 18.0 Å². The molecule has 0 aliphatic carbocycles. The second kappa shape index (κ2) is 9.66. The van der Waals surface area contributed by atoms with Gasteiger partial charge in [-0.1, -0.05) is 26.7 Å². The zero-order valence-corrected chi connectivity index (χ0v) is 17.7. The predicted molar refractivity (Wildman–Crippen MR) is 104 cm³/mol. The molecule has 7 nitrogen and oxygen atoms in total. The Morgan fingerprint density at radius 2 is 1.93 bits per heavy atom. The van der Waals surface area contributed by atoms with E-state index < -0.39 is 22.0 Å². The third kappa shape index (κ3) is 5.52. The molecule has 0 saturated carbocycles. The van der Waals surface area contributed by atoms with Crippen molar-refractivity contribution in [2.75, 3.05) is 20.2 Å². The Labute approximate surface area is 165 Å². The van der Waals surface area contributed by atoms with Crippen LogP contribution in [0.25, 0.3) is 0 Å². The van der Waals surface area contributed by atoms with Crippen LogP contribution >= 0.6 is 11.3 Å². The first-order valence-corrected chi connectivity index (χ1v) is 11.5. The highest BCUT2D eigenvalue weighted by Crippen LogP contribution is 2.27. The van der Waals surface area contributed by atoms with Crippen molar-refractivity contribution in [3.63, 3.8) is 0 Å². The van der Waals surface area contributed by atoms with E-state index in [4.69, 9.17) is 4.74 Å². The Morgan fingerprint density at radius 1 is 1.26 bits per heavy atom. The third-order valence-electron chi connectivity index (χ3n) is 4.87. The van der Waals surface area contributed by atoms with E-state index in [-0.39, 0.29) is 22.5 Å². The van der Waals surface area contributed by atoms with Crippen LogP contribution in [-0.2, 0) is 30.8 Å². The molecule has 1 fully saturated rings. The summed E-state index contributed by atoms with van der Waals surface area (Å²) in [5, 5.41) is 2.71. The lowest BCUT2D eigenvalue weighted by Crippen LogP contribution is -2.46. The highest BCUT2D eigenvalue weighted by molar-refractivity contribution is 7.91. The van der Waals surface area contributed by atoms with E-state index in [0.29, 0.717) is 18.0 Å². The first-order valence-electron chi connectivity index (χ1n) is 9.25. The van der Waals surface area contributed by atoms with Crippen LogP contribution in [0.2, 0.25) is 0 Å². The van der Waals surface area contributed by atoms with Gasteiger partial charge in [0.1, 0.15) is 10.3 Å². The van der Waals surface area contributed by atoms with Crippen LogP contribution in [0.1, 0.15) is 44.4 Å². The summed E-state index contributed by atoms with van der Waals surface area (Å²) in [6.07, 6.45) is 3.57. The lowest BCUT2D eigenvalue weighted by Gasteiger charge is -2.25. The molecule has 1 amide bonds. The lowest BCUT2D eigenvalue weighted by molar-refractivity contribution is -0.146. The Balaban J connectivity index is 2.03. The largest absolute Gasteiger partial charge is 0.467 e. The van der Waals surface area contributed by atoms with Crippen molar-refractivity contribution in [3.05, 3.63) is 17.0 Å². The van der Waals surface area contributed by atoms with Crippen LogP contribution in [0.15, 0.2) is 16.3 Å². The molecule has 1 aliphatic rings. The molecule has 27 heavy (non-hydrogen) atoms. The van der Waals surface area contributed by atoms with Crippen molar-refractivity contribution in [1.82, 2.24) is 9.62 Å². The standard InChI is InChI=1S/C18H28N2O5S2/c1-4-13(2)17(18(22)25-3)19-15(21)12-14-8-9-16(26-14)27(23,24)20-10-6-5-7-11-20/h8-9,13,17H,4-7,10-12H2,1-3H3,(H,19,21)/t13-,17-/m0/s1. The second-order valence-electron chi connectivity index (χ2n) is 6.82. The van der Waals surface area contributed by atoms with Gasteiger partial charge in [0.25, 0.3) is 10.0 Å². The molecule has 0 radical (unpaired) electrons. The van der Waals surface area contributed by atoms with Crippen LogP contribution in [0.3, 0.4) is 0 Å². The second-order valence-corrected chi connectivity index (χ2v) is 10.1. The molecule has 2 heterocycles. The monoisotopic (exact) mass is 416 g/mol. The maximum absolute atomic E-state index is 12.7.